The molecule has 1 amide bonds. The van der Waals surface area contributed by atoms with Crippen LogP contribution in [-0.4, -0.2) is 48.8 Å². The van der Waals surface area contributed by atoms with Gasteiger partial charge in [-0.05, 0) is 45.3 Å². The molecule has 3 heterocycles. The van der Waals surface area contributed by atoms with Gasteiger partial charge in [-0.2, -0.15) is 0 Å². The molecule has 7 nitrogen and oxygen atoms in total. The first-order valence-electron chi connectivity index (χ1n) is 8.87. The zero-order valence-electron chi connectivity index (χ0n) is 16.0. The van der Waals surface area contributed by atoms with E-state index in [2.05, 4.69) is 15.6 Å². The number of hydrogen-bond donors (Lipinski definition) is 2. The smallest absolute Gasteiger partial charge is 0.262 e. The summed E-state index contributed by atoms with van der Waals surface area (Å²) in [5, 5.41) is 6.95. The molecule has 9 heteroatoms. The Balaban J connectivity index is 0.00000261. The first kappa shape index (κ1) is 21.8. The SMILES string of the molecule is COCC1(CNC(=O)Cn2cnc3sc(C)c(C)c3c2=O)CCNCC1.Cl. The summed E-state index contributed by atoms with van der Waals surface area (Å²) in [6, 6.07) is 0. The third-order valence-electron chi connectivity index (χ3n) is 5.25. The second kappa shape index (κ2) is 9.14. The minimum absolute atomic E-state index is 0. The number of methoxy groups -OCH3 is 1. The van der Waals surface area contributed by atoms with Gasteiger partial charge in [-0.1, -0.05) is 0 Å². The van der Waals surface area contributed by atoms with Gasteiger partial charge in [-0.25, -0.2) is 4.98 Å². The topological polar surface area (TPSA) is 85.2 Å². The number of nitrogens with one attached hydrogen (secondary N) is 2. The van der Waals surface area contributed by atoms with Crippen molar-refractivity contribution in [2.75, 3.05) is 33.4 Å². The maximum Gasteiger partial charge on any atom is 0.262 e. The van der Waals surface area contributed by atoms with Crippen molar-refractivity contribution < 1.29 is 9.53 Å². The molecule has 0 radical (unpaired) electrons. The average molecular weight is 415 g/mol. The molecule has 0 spiro atoms. The van der Waals surface area contributed by atoms with Crippen molar-refractivity contribution in [3.63, 3.8) is 0 Å². The van der Waals surface area contributed by atoms with Crippen molar-refractivity contribution in [3.8, 4) is 0 Å². The first-order chi connectivity index (χ1) is 12.5. The summed E-state index contributed by atoms with van der Waals surface area (Å²) in [4.78, 5) is 31.3. The minimum atomic E-state index is -0.174. The molecule has 0 saturated carbocycles. The number of aromatic nitrogens is 2. The Morgan fingerprint density at radius 3 is 2.78 bits per heavy atom. The van der Waals surface area contributed by atoms with Crippen molar-refractivity contribution in [1.82, 2.24) is 20.2 Å². The third kappa shape index (κ3) is 4.68. The minimum Gasteiger partial charge on any atom is -0.384 e. The lowest BCUT2D eigenvalue weighted by Crippen LogP contribution is -2.48. The molecule has 0 bridgehead atoms. The van der Waals surface area contributed by atoms with E-state index in [1.807, 2.05) is 13.8 Å². The molecule has 0 aliphatic carbocycles. The van der Waals surface area contributed by atoms with Gasteiger partial charge < -0.3 is 15.4 Å². The van der Waals surface area contributed by atoms with Gasteiger partial charge in [0.25, 0.3) is 5.56 Å². The Morgan fingerprint density at radius 1 is 1.41 bits per heavy atom. The number of fused-ring (bicyclic) bond motifs is 1. The van der Waals surface area contributed by atoms with Crippen LogP contribution in [0.4, 0.5) is 0 Å². The number of rotatable bonds is 6. The number of thiophene rings is 1. The molecule has 1 saturated heterocycles. The molecule has 0 unspecified atom stereocenters. The lowest BCUT2D eigenvalue weighted by atomic mass is 9.79. The van der Waals surface area contributed by atoms with Crippen LogP contribution < -0.4 is 16.2 Å². The normalized spacial score (nSPS) is 16.1. The molecule has 2 aromatic rings. The van der Waals surface area contributed by atoms with E-state index >= 15 is 0 Å². The van der Waals surface area contributed by atoms with E-state index in [0.717, 1.165) is 41.2 Å². The van der Waals surface area contributed by atoms with Gasteiger partial charge in [0.2, 0.25) is 5.91 Å². The Hall–Kier alpha value is -1.48. The monoisotopic (exact) mass is 414 g/mol. The highest BCUT2D eigenvalue weighted by Crippen LogP contribution is 2.28. The Bertz CT molecular complexity index is 853. The van der Waals surface area contributed by atoms with E-state index < -0.39 is 0 Å². The predicted molar refractivity (Wildman–Crippen MR) is 110 cm³/mol. The molecule has 1 aliphatic rings. The molecule has 0 atom stereocenters. The number of amides is 1. The van der Waals surface area contributed by atoms with Crippen molar-refractivity contribution in [3.05, 3.63) is 27.1 Å². The molecular formula is C18H27ClN4O3S. The van der Waals surface area contributed by atoms with Gasteiger partial charge in [0, 0.05) is 23.9 Å². The van der Waals surface area contributed by atoms with Crippen molar-refractivity contribution >= 4 is 39.9 Å². The quantitative estimate of drug-likeness (QED) is 0.750. The fraction of sp³-hybridized carbons (Fsp3) is 0.611. The molecule has 3 rings (SSSR count). The van der Waals surface area contributed by atoms with Crippen molar-refractivity contribution in [2.24, 2.45) is 5.41 Å². The van der Waals surface area contributed by atoms with Gasteiger partial charge in [0.1, 0.15) is 11.4 Å². The number of nitrogens with zero attached hydrogens (tertiary/aromatic N) is 2. The maximum atomic E-state index is 12.7. The number of carbonyl (C=O) groups excluding carboxylic acids is 1. The highest BCUT2D eigenvalue weighted by atomic mass is 35.5. The van der Waals surface area contributed by atoms with Gasteiger partial charge in [-0.15, -0.1) is 23.7 Å². The predicted octanol–water partition coefficient (Wildman–Crippen LogP) is 1.63. The highest BCUT2D eigenvalue weighted by molar-refractivity contribution is 7.18. The molecule has 0 aromatic carbocycles. The van der Waals surface area contributed by atoms with E-state index in [4.69, 9.17) is 4.74 Å². The molecular weight excluding hydrogens is 388 g/mol. The van der Waals surface area contributed by atoms with Crippen LogP contribution in [0.2, 0.25) is 0 Å². The van der Waals surface area contributed by atoms with Crippen LogP contribution in [0.5, 0.6) is 0 Å². The molecule has 150 valence electrons. The molecule has 1 fully saturated rings. The summed E-state index contributed by atoms with van der Waals surface area (Å²) in [7, 11) is 1.69. The number of piperidine rings is 1. The maximum absolute atomic E-state index is 12.7. The van der Waals surface area contributed by atoms with E-state index in [9.17, 15) is 9.59 Å². The third-order valence-corrected chi connectivity index (χ3v) is 6.36. The van der Waals surface area contributed by atoms with Crippen LogP contribution in [-0.2, 0) is 16.1 Å². The Labute approximate surface area is 168 Å². The van der Waals surface area contributed by atoms with Crippen molar-refractivity contribution in [1.29, 1.82) is 0 Å². The summed E-state index contributed by atoms with van der Waals surface area (Å²) < 4.78 is 6.77. The van der Waals surface area contributed by atoms with Crippen LogP contribution in [0.15, 0.2) is 11.1 Å². The highest BCUT2D eigenvalue weighted by Gasteiger charge is 2.32. The molecule has 27 heavy (non-hydrogen) atoms. The second-order valence-corrected chi connectivity index (χ2v) is 8.30. The van der Waals surface area contributed by atoms with E-state index in [1.165, 1.54) is 22.2 Å². The summed E-state index contributed by atoms with van der Waals surface area (Å²) in [5.41, 5.74) is 0.760. The average Bonchev–Trinajstić information content (AvgIpc) is 2.92. The lowest BCUT2D eigenvalue weighted by molar-refractivity contribution is -0.122. The molecule has 2 aromatic heterocycles. The number of aryl methyl sites for hydroxylation is 2. The van der Waals surface area contributed by atoms with E-state index in [1.54, 1.807) is 7.11 Å². The summed E-state index contributed by atoms with van der Waals surface area (Å²) in [6.07, 6.45) is 3.39. The number of carbonyl (C=O) groups is 1. The fourth-order valence-electron chi connectivity index (χ4n) is 3.51. The standard InChI is InChI=1S/C18H26N4O3S.ClH/c1-12-13(2)26-16-15(12)17(24)22(11-21-16)8-14(23)20-9-18(10-25-3)4-6-19-7-5-18;/h11,19H,4-10H2,1-3H3,(H,20,23);1H. The van der Waals surface area contributed by atoms with Crippen LogP contribution in [0.25, 0.3) is 10.2 Å². The zero-order valence-corrected chi connectivity index (χ0v) is 17.6. The second-order valence-electron chi connectivity index (χ2n) is 7.10. The van der Waals surface area contributed by atoms with E-state index in [-0.39, 0.29) is 35.8 Å². The van der Waals surface area contributed by atoms with Gasteiger partial charge in [0.15, 0.2) is 0 Å². The summed E-state index contributed by atoms with van der Waals surface area (Å²) in [6.45, 7) is 6.92. The first-order valence-corrected chi connectivity index (χ1v) is 9.69. The van der Waals surface area contributed by atoms with Crippen molar-refractivity contribution in [2.45, 2.75) is 33.2 Å². The number of halogens is 1. The van der Waals surface area contributed by atoms with Crippen LogP contribution >= 0.6 is 23.7 Å². The molecule has 1 aliphatic heterocycles. The van der Waals surface area contributed by atoms with Crippen LogP contribution in [0.1, 0.15) is 23.3 Å². The van der Waals surface area contributed by atoms with Gasteiger partial charge in [-0.3, -0.25) is 14.2 Å². The van der Waals surface area contributed by atoms with Gasteiger partial charge >= 0.3 is 0 Å². The Kier molecular flexibility index (Phi) is 7.39. The lowest BCUT2D eigenvalue weighted by Gasteiger charge is -2.37. The Morgan fingerprint density at radius 2 is 2.11 bits per heavy atom. The van der Waals surface area contributed by atoms with Gasteiger partial charge in [0.05, 0.1) is 18.3 Å². The summed E-state index contributed by atoms with van der Waals surface area (Å²) >= 11 is 1.51. The van der Waals surface area contributed by atoms with Crippen LogP contribution in [0, 0.1) is 19.3 Å². The fourth-order valence-corrected chi connectivity index (χ4v) is 4.50. The zero-order chi connectivity index (χ0) is 18.7. The number of hydrogen-bond acceptors (Lipinski definition) is 6. The van der Waals surface area contributed by atoms with E-state index in [0.29, 0.717) is 18.5 Å². The molecule has 2 N–H and O–H groups in total. The van der Waals surface area contributed by atoms with Crippen LogP contribution in [0.3, 0.4) is 0 Å². The summed E-state index contributed by atoms with van der Waals surface area (Å²) in [5.74, 6) is -0.174. The number of ether oxygens (including phenoxy) is 1. The largest absolute Gasteiger partial charge is 0.384 e.